The lowest BCUT2D eigenvalue weighted by Crippen LogP contribution is -2.55. The van der Waals surface area contributed by atoms with E-state index in [1.165, 1.54) is 26.4 Å². The van der Waals surface area contributed by atoms with Crippen molar-refractivity contribution >= 4 is 11.0 Å². The Morgan fingerprint density at radius 1 is 0.886 bits per heavy atom. The van der Waals surface area contributed by atoms with Crippen LogP contribution >= 0.6 is 0 Å². The minimum atomic E-state index is -1.80. The molecule has 1 fully saturated rings. The van der Waals surface area contributed by atoms with Crippen LogP contribution in [0.1, 0.15) is 11.7 Å². The van der Waals surface area contributed by atoms with E-state index in [9.17, 15) is 40.5 Å². The molecule has 1 saturated heterocycles. The first kappa shape index (κ1) is 24.6. The molecule has 12 heteroatoms. The first-order valence-corrected chi connectivity index (χ1v) is 10.4. The van der Waals surface area contributed by atoms with Gasteiger partial charge in [0.15, 0.2) is 16.9 Å². The molecule has 4 rings (SSSR count). The third kappa shape index (κ3) is 4.00. The summed E-state index contributed by atoms with van der Waals surface area (Å²) in [4.78, 5) is 13.0. The maximum Gasteiger partial charge on any atom is 0.200 e. The van der Waals surface area contributed by atoms with E-state index in [1.807, 2.05) is 0 Å². The van der Waals surface area contributed by atoms with E-state index in [4.69, 9.17) is 18.6 Å². The third-order valence-electron chi connectivity index (χ3n) is 5.95. The van der Waals surface area contributed by atoms with Crippen LogP contribution in [0.15, 0.2) is 33.5 Å². The molecule has 1 aliphatic heterocycles. The number of benzene rings is 2. The second-order valence-corrected chi connectivity index (χ2v) is 7.98. The van der Waals surface area contributed by atoms with Crippen LogP contribution < -0.4 is 14.9 Å². The van der Waals surface area contributed by atoms with Crippen molar-refractivity contribution in [3.63, 3.8) is 0 Å². The van der Waals surface area contributed by atoms with Crippen LogP contribution in [0.5, 0.6) is 28.7 Å². The molecule has 12 nitrogen and oxygen atoms in total. The Labute approximate surface area is 197 Å². The number of hydrogen-bond donors (Lipinski definition) is 7. The fraction of sp³-hybridized carbons (Fsp3) is 0.348. The SMILES string of the molecule is COc1cc(-c2cc(=O)c3c(O)c([C@@H]4O[C@H](CO)[C@@H](O)[C@H](O)[C@H]4O)c(O)cc3o2)cc(OC)c1O. The van der Waals surface area contributed by atoms with Gasteiger partial charge in [-0.2, -0.15) is 0 Å². The smallest absolute Gasteiger partial charge is 0.200 e. The normalized spacial score (nSPS) is 24.5. The Hall–Kier alpha value is -3.55. The summed E-state index contributed by atoms with van der Waals surface area (Å²) in [6, 6.07) is 4.86. The van der Waals surface area contributed by atoms with Gasteiger partial charge in [0.2, 0.25) is 5.75 Å². The van der Waals surface area contributed by atoms with E-state index in [-0.39, 0.29) is 39.5 Å². The molecule has 0 amide bonds. The van der Waals surface area contributed by atoms with Crippen molar-refractivity contribution in [2.24, 2.45) is 0 Å². The molecule has 1 aromatic heterocycles. The molecule has 0 spiro atoms. The largest absolute Gasteiger partial charge is 0.507 e. The lowest BCUT2D eigenvalue weighted by atomic mass is 9.89. The Bertz CT molecular complexity index is 1290. The molecular formula is C23H24O12. The lowest BCUT2D eigenvalue weighted by Gasteiger charge is -2.40. The Balaban J connectivity index is 1.87. The molecule has 2 aromatic carbocycles. The van der Waals surface area contributed by atoms with Gasteiger partial charge < -0.3 is 54.4 Å². The van der Waals surface area contributed by atoms with E-state index in [0.29, 0.717) is 0 Å². The summed E-state index contributed by atoms with van der Waals surface area (Å²) in [6.07, 6.45) is -8.10. The number of aliphatic hydroxyl groups excluding tert-OH is 4. The summed E-state index contributed by atoms with van der Waals surface area (Å²) in [7, 11) is 2.65. The summed E-state index contributed by atoms with van der Waals surface area (Å²) in [6.45, 7) is -0.721. The third-order valence-corrected chi connectivity index (χ3v) is 5.95. The van der Waals surface area contributed by atoms with Gasteiger partial charge in [-0.05, 0) is 12.1 Å². The van der Waals surface area contributed by atoms with E-state index < -0.39 is 59.6 Å². The van der Waals surface area contributed by atoms with Crippen LogP contribution in [0.2, 0.25) is 0 Å². The van der Waals surface area contributed by atoms with E-state index in [2.05, 4.69) is 0 Å². The van der Waals surface area contributed by atoms with Crippen LogP contribution in [-0.4, -0.2) is 81.0 Å². The van der Waals surface area contributed by atoms with Crippen molar-refractivity contribution in [3.8, 4) is 40.1 Å². The van der Waals surface area contributed by atoms with Crippen molar-refractivity contribution in [1.82, 2.24) is 0 Å². The zero-order chi connectivity index (χ0) is 25.6. The lowest BCUT2D eigenvalue weighted by molar-refractivity contribution is -0.232. The van der Waals surface area contributed by atoms with Gasteiger partial charge in [0.1, 0.15) is 58.7 Å². The number of hydrogen-bond acceptors (Lipinski definition) is 12. The second-order valence-electron chi connectivity index (χ2n) is 7.98. The number of methoxy groups -OCH3 is 2. The summed E-state index contributed by atoms with van der Waals surface area (Å²) >= 11 is 0. The number of rotatable bonds is 5. The quantitative estimate of drug-likeness (QED) is 0.254. The highest BCUT2D eigenvalue weighted by atomic mass is 16.5. The first-order chi connectivity index (χ1) is 16.6. The number of phenols is 3. The number of aromatic hydroxyl groups is 3. The fourth-order valence-corrected chi connectivity index (χ4v) is 4.10. The van der Waals surface area contributed by atoms with Gasteiger partial charge in [0.25, 0.3) is 0 Å². The number of ether oxygens (including phenoxy) is 3. The molecule has 35 heavy (non-hydrogen) atoms. The molecule has 2 heterocycles. The Morgan fingerprint density at radius 3 is 2.09 bits per heavy atom. The Kier molecular flexibility index (Phi) is 6.49. The predicted octanol–water partition coefficient (Wildman–Crippen LogP) is 0.109. The van der Waals surface area contributed by atoms with Crippen molar-refractivity contribution in [2.75, 3.05) is 20.8 Å². The standard InChI is InChI=1S/C23H24O12/c1-32-13-3-8(4-14(33-2)18(13)27)11-5-9(25)16-12(34-11)6-10(26)17(20(16)29)23-22(31)21(30)19(28)15(7-24)35-23/h3-6,15,19,21-24,26-31H,7H2,1-2H3/t15-,19-,21+,22-,23+/m1/s1. The number of phenolic OH excluding ortho intramolecular Hbond substituents is 3. The van der Waals surface area contributed by atoms with Crippen LogP contribution in [0.3, 0.4) is 0 Å². The highest BCUT2D eigenvalue weighted by molar-refractivity contribution is 5.88. The van der Waals surface area contributed by atoms with Crippen molar-refractivity contribution in [2.45, 2.75) is 30.5 Å². The van der Waals surface area contributed by atoms with E-state index in [1.54, 1.807) is 0 Å². The second kappa shape index (κ2) is 9.24. The van der Waals surface area contributed by atoms with Gasteiger partial charge in [0, 0.05) is 17.7 Å². The molecule has 3 aromatic rings. The zero-order valence-electron chi connectivity index (χ0n) is 18.6. The van der Waals surface area contributed by atoms with Gasteiger partial charge >= 0.3 is 0 Å². The topological polar surface area (TPSA) is 200 Å². The van der Waals surface area contributed by atoms with Gasteiger partial charge in [-0.25, -0.2) is 0 Å². The molecular weight excluding hydrogens is 468 g/mol. The fourth-order valence-electron chi connectivity index (χ4n) is 4.10. The summed E-state index contributed by atoms with van der Waals surface area (Å²) < 4.78 is 21.4. The average Bonchev–Trinajstić information content (AvgIpc) is 2.83. The van der Waals surface area contributed by atoms with Gasteiger partial charge in [-0.15, -0.1) is 0 Å². The maximum absolute atomic E-state index is 13.0. The molecule has 0 radical (unpaired) electrons. The summed E-state index contributed by atoms with van der Waals surface area (Å²) in [5.74, 6) is -1.58. The molecule has 188 valence electrons. The Morgan fingerprint density at radius 2 is 1.51 bits per heavy atom. The van der Waals surface area contributed by atoms with Gasteiger partial charge in [-0.1, -0.05) is 0 Å². The van der Waals surface area contributed by atoms with Crippen LogP contribution in [0.4, 0.5) is 0 Å². The molecule has 5 atom stereocenters. The van der Waals surface area contributed by atoms with Gasteiger partial charge in [-0.3, -0.25) is 4.79 Å². The molecule has 0 saturated carbocycles. The van der Waals surface area contributed by atoms with Crippen LogP contribution in [-0.2, 0) is 4.74 Å². The zero-order valence-corrected chi connectivity index (χ0v) is 18.6. The highest BCUT2D eigenvalue weighted by Crippen LogP contribution is 2.45. The minimum Gasteiger partial charge on any atom is -0.507 e. The molecule has 7 N–H and O–H groups in total. The molecule has 0 aliphatic carbocycles. The monoisotopic (exact) mass is 492 g/mol. The summed E-state index contributed by atoms with van der Waals surface area (Å²) in [5, 5.41) is 71.1. The minimum absolute atomic E-state index is 0.00140. The predicted molar refractivity (Wildman–Crippen MR) is 119 cm³/mol. The molecule has 0 unspecified atom stereocenters. The average molecular weight is 492 g/mol. The number of fused-ring (bicyclic) bond motifs is 1. The van der Waals surface area contributed by atoms with E-state index in [0.717, 1.165) is 12.1 Å². The van der Waals surface area contributed by atoms with Crippen molar-refractivity contribution in [3.05, 3.63) is 40.1 Å². The van der Waals surface area contributed by atoms with Crippen molar-refractivity contribution in [1.29, 1.82) is 0 Å². The van der Waals surface area contributed by atoms with Crippen LogP contribution in [0, 0.1) is 0 Å². The molecule has 1 aliphatic rings. The van der Waals surface area contributed by atoms with Gasteiger partial charge in [0.05, 0.1) is 26.4 Å². The van der Waals surface area contributed by atoms with Crippen molar-refractivity contribution < 1.29 is 54.4 Å². The number of aliphatic hydroxyl groups is 4. The van der Waals surface area contributed by atoms with E-state index >= 15 is 0 Å². The maximum atomic E-state index is 13.0. The van der Waals surface area contributed by atoms with Crippen LogP contribution in [0.25, 0.3) is 22.3 Å². The summed E-state index contributed by atoms with van der Waals surface area (Å²) in [5.41, 5.74) is -1.09. The molecule has 0 bridgehead atoms. The first-order valence-electron chi connectivity index (χ1n) is 10.4. The highest BCUT2D eigenvalue weighted by Gasteiger charge is 2.46.